The molecule has 1 nitrogen and oxygen atoms in total. The molecule has 0 aromatic carbocycles. The molecule has 0 amide bonds. The molecule has 68 valence electrons. The van der Waals surface area contributed by atoms with Gasteiger partial charge in [-0.05, 0) is 31.1 Å². The molecular formula is C10H22O. The van der Waals surface area contributed by atoms with Crippen molar-refractivity contribution in [3.63, 3.8) is 0 Å². The van der Waals surface area contributed by atoms with E-state index in [1.54, 1.807) is 0 Å². The largest absolute Gasteiger partial charge is 0.393 e. The maximum Gasteiger partial charge on any atom is 0.0537 e. The van der Waals surface area contributed by atoms with E-state index in [1.165, 1.54) is 6.42 Å². The van der Waals surface area contributed by atoms with Gasteiger partial charge in [-0.2, -0.15) is 0 Å². The van der Waals surface area contributed by atoms with Gasteiger partial charge in [0.15, 0.2) is 0 Å². The zero-order chi connectivity index (χ0) is 9.07. The van der Waals surface area contributed by atoms with E-state index >= 15 is 0 Å². The van der Waals surface area contributed by atoms with Gasteiger partial charge in [-0.3, -0.25) is 0 Å². The van der Waals surface area contributed by atoms with Crippen LogP contribution in [0.1, 0.15) is 47.5 Å². The Labute approximate surface area is 70.8 Å². The highest BCUT2D eigenvalue weighted by atomic mass is 16.3. The summed E-state index contributed by atoms with van der Waals surface area (Å²) in [5.74, 6) is 0.439. The van der Waals surface area contributed by atoms with Crippen molar-refractivity contribution in [3.8, 4) is 0 Å². The van der Waals surface area contributed by atoms with Crippen molar-refractivity contribution in [1.82, 2.24) is 0 Å². The fourth-order valence-corrected chi connectivity index (χ4v) is 0.902. The van der Waals surface area contributed by atoms with Crippen LogP contribution < -0.4 is 0 Å². The van der Waals surface area contributed by atoms with E-state index in [2.05, 4.69) is 27.7 Å². The normalized spacial score (nSPS) is 18.0. The Balaban J connectivity index is 3.54. The molecule has 11 heavy (non-hydrogen) atoms. The van der Waals surface area contributed by atoms with Gasteiger partial charge in [0.25, 0.3) is 0 Å². The summed E-state index contributed by atoms with van der Waals surface area (Å²) in [7, 11) is 0. The Kier molecular flexibility index (Phi) is 4.09. The van der Waals surface area contributed by atoms with Crippen molar-refractivity contribution >= 4 is 0 Å². The number of hydrogen-bond donors (Lipinski definition) is 1. The van der Waals surface area contributed by atoms with Crippen LogP contribution in [0.4, 0.5) is 0 Å². The second kappa shape index (κ2) is 4.10. The smallest absolute Gasteiger partial charge is 0.0537 e. The molecule has 1 heteroatoms. The van der Waals surface area contributed by atoms with Crippen LogP contribution in [0.3, 0.4) is 0 Å². The Morgan fingerprint density at radius 3 is 1.91 bits per heavy atom. The first-order chi connectivity index (χ1) is 4.83. The van der Waals surface area contributed by atoms with E-state index in [-0.39, 0.29) is 6.10 Å². The summed E-state index contributed by atoms with van der Waals surface area (Å²) in [6.45, 7) is 10.7. The number of aliphatic hydroxyl groups excluding tert-OH is 1. The van der Waals surface area contributed by atoms with E-state index in [4.69, 9.17) is 0 Å². The summed E-state index contributed by atoms with van der Waals surface area (Å²) < 4.78 is 0. The van der Waals surface area contributed by atoms with Gasteiger partial charge in [0.05, 0.1) is 6.10 Å². The summed E-state index contributed by atoms with van der Waals surface area (Å²) in [5.41, 5.74) is 0.406. The number of rotatable bonds is 3. The average molecular weight is 158 g/mol. The SMILES string of the molecule is CC(O)C(C)CCC(C)(C)C. The minimum absolute atomic E-state index is 0.155. The van der Waals surface area contributed by atoms with Crippen LogP contribution in [0.15, 0.2) is 0 Å². The molecule has 0 fully saturated rings. The predicted molar refractivity (Wildman–Crippen MR) is 49.5 cm³/mol. The third-order valence-electron chi connectivity index (χ3n) is 2.17. The lowest BCUT2D eigenvalue weighted by Crippen LogP contribution is -2.16. The van der Waals surface area contributed by atoms with E-state index in [1.807, 2.05) is 6.92 Å². The molecular weight excluding hydrogens is 136 g/mol. The maximum atomic E-state index is 9.22. The maximum absolute atomic E-state index is 9.22. The third kappa shape index (κ3) is 6.36. The van der Waals surface area contributed by atoms with Crippen LogP contribution in [0.5, 0.6) is 0 Å². The van der Waals surface area contributed by atoms with Gasteiger partial charge < -0.3 is 5.11 Å². The van der Waals surface area contributed by atoms with Gasteiger partial charge in [-0.25, -0.2) is 0 Å². The second-order valence-corrected chi connectivity index (χ2v) is 4.82. The fourth-order valence-electron chi connectivity index (χ4n) is 0.902. The van der Waals surface area contributed by atoms with Crippen molar-refractivity contribution in [1.29, 1.82) is 0 Å². The monoisotopic (exact) mass is 158 g/mol. The van der Waals surface area contributed by atoms with Crippen LogP contribution in [0, 0.1) is 11.3 Å². The topological polar surface area (TPSA) is 20.2 Å². The summed E-state index contributed by atoms with van der Waals surface area (Å²) in [6.07, 6.45) is 2.16. The molecule has 0 heterocycles. The van der Waals surface area contributed by atoms with E-state index in [9.17, 15) is 5.11 Å². The zero-order valence-electron chi connectivity index (χ0n) is 8.52. The second-order valence-electron chi connectivity index (χ2n) is 4.82. The van der Waals surface area contributed by atoms with Crippen LogP contribution in [-0.2, 0) is 0 Å². The predicted octanol–water partition coefficient (Wildman–Crippen LogP) is 2.83. The first-order valence-corrected chi connectivity index (χ1v) is 4.51. The van der Waals surface area contributed by atoms with Gasteiger partial charge in [0, 0.05) is 0 Å². The number of aliphatic hydroxyl groups is 1. The minimum Gasteiger partial charge on any atom is -0.393 e. The van der Waals surface area contributed by atoms with Crippen LogP contribution in [0.25, 0.3) is 0 Å². The lowest BCUT2D eigenvalue weighted by Gasteiger charge is -2.22. The van der Waals surface area contributed by atoms with Crippen molar-refractivity contribution in [2.45, 2.75) is 53.6 Å². The molecule has 0 saturated heterocycles. The molecule has 0 radical (unpaired) electrons. The van der Waals surface area contributed by atoms with E-state index < -0.39 is 0 Å². The molecule has 0 spiro atoms. The quantitative estimate of drug-likeness (QED) is 0.669. The highest BCUT2D eigenvalue weighted by Gasteiger charge is 2.14. The molecule has 0 saturated carbocycles. The summed E-state index contributed by atoms with van der Waals surface area (Å²) in [4.78, 5) is 0. The molecule has 0 aromatic rings. The molecule has 0 aromatic heterocycles. The third-order valence-corrected chi connectivity index (χ3v) is 2.17. The summed E-state index contributed by atoms with van der Waals surface area (Å²) >= 11 is 0. The Morgan fingerprint density at radius 1 is 1.18 bits per heavy atom. The van der Waals surface area contributed by atoms with Crippen LogP contribution in [-0.4, -0.2) is 11.2 Å². The highest BCUT2D eigenvalue weighted by Crippen LogP contribution is 2.24. The van der Waals surface area contributed by atoms with Crippen molar-refractivity contribution in [2.75, 3.05) is 0 Å². The Bertz CT molecular complexity index is 99.9. The van der Waals surface area contributed by atoms with Crippen LogP contribution in [0.2, 0.25) is 0 Å². The lowest BCUT2D eigenvalue weighted by atomic mass is 9.86. The minimum atomic E-state index is -0.155. The molecule has 0 bridgehead atoms. The molecule has 2 atom stereocenters. The molecule has 0 aliphatic rings. The molecule has 0 aliphatic heterocycles. The molecule has 0 rings (SSSR count). The summed E-state index contributed by atoms with van der Waals surface area (Å²) in [5, 5.41) is 9.22. The Hall–Kier alpha value is -0.0400. The number of hydrogen-bond acceptors (Lipinski definition) is 1. The van der Waals surface area contributed by atoms with Crippen molar-refractivity contribution in [2.24, 2.45) is 11.3 Å². The lowest BCUT2D eigenvalue weighted by molar-refractivity contribution is 0.121. The van der Waals surface area contributed by atoms with E-state index in [0.717, 1.165) is 6.42 Å². The molecule has 1 N–H and O–H groups in total. The summed E-state index contributed by atoms with van der Waals surface area (Å²) in [6, 6.07) is 0. The van der Waals surface area contributed by atoms with Gasteiger partial charge in [0.1, 0.15) is 0 Å². The molecule has 2 unspecified atom stereocenters. The van der Waals surface area contributed by atoms with Gasteiger partial charge in [-0.15, -0.1) is 0 Å². The standard InChI is InChI=1S/C10H22O/c1-8(9(2)11)6-7-10(3,4)5/h8-9,11H,6-7H2,1-5H3. The zero-order valence-corrected chi connectivity index (χ0v) is 8.52. The highest BCUT2D eigenvalue weighted by molar-refractivity contribution is 4.66. The first kappa shape index (κ1) is 11.0. The first-order valence-electron chi connectivity index (χ1n) is 4.51. The van der Waals surface area contributed by atoms with E-state index in [0.29, 0.717) is 11.3 Å². The van der Waals surface area contributed by atoms with Gasteiger partial charge >= 0.3 is 0 Å². The van der Waals surface area contributed by atoms with Gasteiger partial charge in [0.2, 0.25) is 0 Å². The fraction of sp³-hybridized carbons (Fsp3) is 1.00. The van der Waals surface area contributed by atoms with Crippen LogP contribution >= 0.6 is 0 Å². The van der Waals surface area contributed by atoms with Crippen molar-refractivity contribution < 1.29 is 5.11 Å². The molecule has 0 aliphatic carbocycles. The Morgan fingerprint density at radius 2 is 1.64 bits per heavy atom. The van der Waals surface area contributed by atoms with Crippen molar-refractivity contribution in [3.05, 3.63) is 0 Å². The van der Waals surface area contributed by atoms with Gasteiger partial charge in [-0.1, -0.05) is 27.7 Å². The average Bonchev–Trinajstić information content (AvgIpc) is 1.80.